The first kappa shape index (κ1) is 12.4. The second kappa shape index (κ2) is 4.64. The average molecular weight is 243 g/mol. The van der Waals surface area contributed by atoms with Gasteiger partial charge in [-0.25, -0.2) is 0 Å². The topological polar surface area (TPSA) is 46.9 Å². The van der Waals surface area contributed by atoms with Crippen molar-refractivity contribution in [1.82, 2.24) is 9.78 Å². The first-order chi connectivity index (χ1) is 8.49. The number of hydrogen-bond donors (Lipinski definition) is 1. The van der Waals surface area contributed by atoms with Crippen molar-refractivity contribution in [3.63, 3.8) is 0 Å². The van der Waals surface area contributed by atoms with Crippen LogP contribution in [0.4, 0.5) is 5.69 Å². The fraction of sp³-hybridized carbons (Fsp3) is 0.286. The number of benzene rings is 1. The van der Waals surface area contributed by atoms with Crippen molar-refractivity contribution >= 4 is 11.6 Å². The van der Waals surface area contributed by atoms with Crippen LogP contribution in [0.3, 0.4) is 0 Å². The fourth-order valence-electron chi connectivity index (χ4n) is 1.93. The molecule has 1 heterocycles. The van der Waals surface area contributed by atoms with Crippen LogP contribution in [0.5, 0.6) is 0 Å². The van der Waals surface area contributed by atoms with E-state index < -0.39 is 0 Å². The molecule has 18 heavy (non-hydrogen) atoms. The molecule has 0 bridgehead atoms. The molecule has 0 aliphatic carbocycles. The lowest BCUT2D eigenvalue weighted by Gasteiger charge is -2.05. The van der Waals surface area contributed by atoms with Crippen LogP contribution in [0, 0.1) is 20.8 Å². The van der Waals surface area contributed by atoms with Crippen molar-refractivity contribution in [2.45, 2.75) is 20.8 Å². The average Bonchev–Trinajstić information content (AvgIpc) is 2.56. The van der Waals surface area contributed by atoms with Crippen LogP contribution in [0.2, 0.25) is 0 Å². The van der Waals surface area contributed by atoms with Crippen LogP contribution < -0.4 is 5.32 Å². The Hall–Kier alpha value is -2.10. The highest BCUT2D eigenvalue weighted by Gasteiger charge is 2.17. The molecule has 0 atom stereocenters. The maximum atomic E-state index is 12.2. The Labute approximate surface area is 107 Å². The van der Waals surface area contributed by atoms with Gasteiger partial charge in [0.05, 0.1) is 11.3 Å². The van der Waals surface area contributed by atoms with E-state index in [0.29, 0.717) is 5.56 Å². The second-order valence-corrected chi connectivity index (χ2v) is 4.49. The summed E-state index contributed by atoms with van der Waals surface area (Å²) < 4.78 is 1.72. The minimum absolute atomic E-state index is 0.109. The number of carbonyl (C=O) groups excluding carboxylic acids is 1. The first-order valence-electron chi connectivity index (χ1n) is 5.87. The molecule has 0 aliphatic heterocycles. The minimum atomic E-state index is -0.109. The van der Waals surface area contributed by atoms with E-state index in [2.05, 4.69) is 10.4 Å². The maximum absolute atomic E-state index is 12.2. The van der Waals surface area contributed by atoms with Crippen molar-refractivity contribution in [2.75, 3.05) is 5.32 Å². The third-order valence-electron chi connectivity index (χ3n) is 3.05. The van der Waals surface area contributed by atoms with Crippen molar-refractivity contribution in [2.24, 2.45) is 7.05 Å². The Morgan fingerprint density at radius 1 is 1.17 bits per heavy atom. The number of anilines is 1. The summed E-state index contributed by atoms with van der Waals surface area (Å²) in [6, 6.07) is 7.74. The van der Waals surface area contributed by atoms with Crippen LogP contribution in [-0.2, 0) is 7.05 Å². The summed E-state index contributed by atoms with van der Waals surface area (Å²) in [6.07, 6.45) is 0. The van der Waals surface area contributed by atoms with Crippen molar-refractivity contribution in [1.29, 1.82) is 0 Å². The standard InChI is InChI=1S/C14H17N3O/c1-9-5-7-12(8-6-9)15-14(18)13-10(2)16-17(4)11(13)3/h5-8H,1-4H3,(H,15,18). The largest absolute Gasteiger partial charge is 0.322 e. The van der Waals surface area contributed by atoms with Crippen LogP contribution in [0.1, 0.15) is 27.3 Å². The minimum Gasteiger partial charge on any atom is -0.322 e. The molecule has 0 saturated heterocycles. The maximum Gasteiger partial charge on any atom is 0.259 e. The number of nitrogens with zero attached hydrogens (tertiary/aromatic N) is 2. The number of nitrogens with one attached hydrogen (secondary N) is 1. The molecule has 1 amide bonds. The second-order valence-electron chi connectivity index (χ2n) is 4.49. The fourth-order valence-corrected chi connectivity index (χ4v) is 1.93. The highest BCUT2D eigenvalue weighted by molar-refractivity contribution is 6.05. The molecule has 1 N–H and O–H groups in total. The molecular formula is C14H17N3O. The summed E-state index contributed by atoms with van der Waals surface area (Å²) in [4.78, 5) is 12.2. The molecule has 2 rings (SSSR count). The number of aromatic nitrogens is 2. The first-order valence-corrected chi connectivity index (χ1v) is 5.87. The molecule has 1 aromatic heterocycles. The molecule has 0 aliphatic rings. The molecule has 0 spiro atoms. The van der Waals surface area contributed by atoms with E-state index in [-0.39, 0.29) is 5.91 Å². The van der Waals surface area contributed by atoms with Gasteiger partial charge in [-0.1, -0.05) is 17.7 Å². The van der Waals surface area contributed by atoms with Gasteiger partial charge in [0.25, 0.3) is 5.91 Å². The highest BCUT2D eigenvalue weighted by atomic mass is 16.1. The van der Waals surface area contributed by atoms with E-state index in [1.807, 2.05) is 52.1 Å². The summed E-state index contributed by atoms with van der Waals surface area (Å²) >= 11 is 0. The molecule has 1 aromatic carbocycles. The third-order valence-corrected chi connectivity index (χ3v) is 3.05. The zero-order valence-corrected chi connectivity index (χ0v) is 11.1. The smallest absolute Gasteiger partial charge is 0.259 e. The van der Waals surface area contributed by atoms with E-state index in [1.54, 1.807) is 4.68 Å². The Morgan fingerprint density at radius 2 is 1.78 bits per heavy atom. The lowest BCUT2D eigenvalue weighted by atomic mass is 10.1. The molecule has 0 unspecified atom stereocenters. The molecule has 94 valence electrons. The summed E-state index contributed by atoms with van der Waals surface area (Å²) in [6.45, 7) is 5.75. The van der Waals surface area contributed by atoms with E-state index in [1.165, 1.54) is 5.56 Å². The Bertz CT molecular complexity index is 582. The van der Waals surface area contributed by atoms with E-state index in [9.17, 15) is 4.79 Å². The monoisotopic (exact) mass is 243 g/mol. The summed E-state index contributed by atoms with van der Waals surface area (Å²) in [5.74, 6) is -0.109. The number of amides is 1. The number of hydrogen-bond acceptors (Lipinski definition) is 2. The normalized spacial score (nSPS) is 10.4. The van der Waals surface area contributed by atoms with Crippen molar-refractivity contribution < 1.29 is 4.79 Å². The molecule has 2 aromatic rings. The summed E-state index contributed by atoms with van der Waals surface area (Å²) in [5.41, 5.74) is 4.24. The van der Waals surface area contributed by atoms with Gasteiger partial charge in [0.1, 0.15) is 0 Å². The van der Waals surface area contributed by atoms with Gasteiger partial charge in [-0.2, -0.15) is 5.10 Å². The van der Waals surface area contributed by atoms with E-state index in [4.69, 9.17) is 0 Å². The molecular weight excluding hydrogens is 226 g/mol. The van der Waals surface area contributed by atoms with Gasteiger partial charge in [0.2, 0.25) is 0 Å². The van der Waals surface area contributed by atoms with Gasteiger partial charge in [-0.05, 0) is 32.9 Å². The Balaban J connectivity index is 2.24. The van der Waals surface area contributed by atoms with E-state index in [0.717, 1.165) is 17.1 Å². The van der Waals surface area contributed by atoms with Crippen LogP contribution >= 0.6 is 0 Å². The zero-order chi connectivity index (χ0) is 13.3. The molecule has 4 nitrogen and oxygen atoms in total. The third kappa shape index (κ3) is 2.27. The summed E-state index contributed by atoms with van der Waals surface area (Å²) in [5, 5.41) is 7.13. The van der Waals surface area contributed by atoms with Gasteiger partial charge >= 0.3 is 0 Å². The van der Waals surface area contributed by atoms with Crippen molar-refractivity contribution in [3.8, 4) is 0 Å². The number of rotatable bonds is 2. The van der Waals surface area contributed by atoms with Crippen LogP contribution in [0.15, 0.2) is 24.3 Å². The SMILES string of the molecule is Cc1ccc(NC(=O)c2c(C)nn(C)c2C)cc1. The lowest BCUT2D eigenvalue weighted by molar-refractivity contribution is 0.102. The van der Waals surface area contributed by atoms with E-state index >= 15 is 0 Å². The van der Waals surface area contributed by atoms with Gasteiger partial charge in [-0.15, -0.1) is 0 Å². The molecule has 4 heteroatoms. The molecule has 0 fully saturated rings. The number of carbonyl (C=O) groups is 1. The molecule has 0 saturated carbocycles. The predicted octanol–water partition coefficient (Wildman–Crippen LogP) is 2.60. The quantitative estimate of drug-likeness (QED) is 0.881. The number of aryl methyl sites for hydroxylation is 3. The van der Waals surface area contributed by atoms with Crippen molar-refractivity contribution in [3.05, 3.63) is 46.8 Å². The van der Waals surface area contributed by atoms with Gasteiger partial charge < -0.3 is 5.32 Å². The predicted molar refractivity (Wildman–Crippen MR) is 71.8 cm³/mol. The Kier molecular flexibility index (Phi) is 3.19. The van der Waals surface area contributed by atoms with Crippen LogP contribution in [-0.4, -0.2) is 15.7 Å². The van der Waals surface area contributed by atoms with Gasteiger partial charge in [0, 0.05) is 18.4 Å². The molecule has 0 radical (unpaired) electrons. The van der Waals surface area contributed by atoms with Crippen LogP contribution in [0.25, 0.3) is 0 Å². The van der Waals surface area contributed by atoms with Gasteiger partial charge in [-0.3, -0.25) is 9.48 Å². The highest BCUT2D eigenvalue weighted by Crippen LogP contribution is 2.15. The van der Waals surface area contributed by atoms with Gasteiger partial charge in [0.15, 0.2) is 0 Å². The summed E-state index contributed by atoms with van der Waals surface area (Å²) in [7, 11) is 1.84. The Morgan fingerprint density at radius 3 is 2.28 bits per heavy atom. The lowest BCUT2D eigenvalue weighted by Crippen LogP contribution is -2.14. The zero-order valence-electron chi connectivity index (χ0n) is 11.1.